The molecule has 1 unspecified atom stereocenters. The largest absolute Gasteiger partial charge is 0.397 e. The van der Waals surface area contributed by atoms with Crippen molar-refractivity contribution in [3.05, 3.63) is 35.1 Å². The molecule has 27 heavy (non-hydrogen) atoms. The molecule has 2 heterocycles. The number of rotatable bonds is 7. The van der Waals surface area contributed by atoms with Crippen LogP contribution in [0.1, 0.15) is 32.4 Å². The van der Waals surface area contributed by atoms with E-state index in [4.69, 9.17) is 23.1 Å². The summed E-state index contributed by atoms with van der Waals surface area (Å²) in [5.74, 6) is 1.13. The van der Waals surface area contributed by atoms with Gasteiger partial charge in [0.05, 0.1) is 17.0 Å². The van der Waals surface area contributed by atoms with E-state index >= 15 is 0 Å². The maximum Gasteiger partial charge on any atom is 0.226 e. The molecule has 0 spiro atoms. The highest BCUT2D eigenvalue weighted by Crippen LogP contribution is 2.26. The third-order valence-electron chi connectivity index (χ3n) is 4.15. The van der Waals surface area contributed by atoms with E-state index in [1.54, 1.807) is 12.4 Å². The number of aromatic nitrogens is 4. The van der Waals surface area contributed by atoms with Crippen LogP contribution in [-0.2, 0) is 6.54 Å². The lowest BCUT2D eigenvalue weighted by molar-refractivity contribution is 0.612. The predicted molar refractivity (Wildman–Crippen MR) is 111 cm³/mol. The molecule has 0 aliphatic rings. The van der Waals surface area contributed by atoms with Crippen molar-refractivity contribution in [1.29, 1.82) is 0 Å². The van der Waals surface area contributed by atoms with Gasteiger partial charge in [-0.05, 0) is 32.4 Å². The molecule has 1 aromatic carbocycles. The van der Waals surface area contributed by atoms with Gasteiger partial charge in [0, 0.05) is 25.2 Å². The third-order valence-corrected chi connectivity index (χ3v) is 4.48. The lowest BCUT2D eigenvalue weighted by Gasteiger charge is -2.13. The number of para-hydroxylation sites is 1. The Morgan fingerprint density at radius 3 is 2.67 bits per heavy atom. The van der Waals surface area contributed by atoms with Crippen molar-refractivity contribution in [1.82, 2.24) is 19.5 Å². The third kappa shape index (κ3) is 4.23. The summed E-state index contributed by atoms with van der Waals surface area (Å²) >= 11 is 6.11. The normalized spacial score (nSPS) is 12.5. The first kappa shape index (κ1) is 19.2. The zero-order chi connectivity index (χ0) is 19.6. The van der Waals surface area contributed by atoms with E-state index in [1.165, 1.54) is 0 Å². The van der Waals surface area contributed by atoms with Crippen LogP contribution in [-0.4, -0.2) is 32.1 Å². The molecule has 0 saturated carbocycles. The highest BCUT2D eigenvalue weighted by molar-refractivity contribution is 6.33. The summed E-state index contributed by atoms with van der Waals surface area (Å²) in [7, 11) is 0. The van der Waals surface area contributed by atoms with E-state index < -0.39 is 0 Å². The van der Waals surface area contributed by atoms with Gasteiger partial charge in [0.15, 0.2) is 17.0 Å². The number of nitrogens with zero attached hydrogens (tertiary/aromatic N) is 4. The first-order chi connectivity index (χ1) is 12.9. The zero-order valence-corrected chi connectivity index (χ0v) is 16.5. The average Bonchev–Trinajstić information content (AvgIpc) is 3.05. The molecular formula is C18H25ClN8. The lowest BCUT2D eigenvalue weighted by Crippen LogP contribution is -2.26. The van der Waals surface area contributed by atoms with Gasteiger partial charge in [-0.2, -0.15) is 9.97 Å². The predicted octanol–water partition coefficient (Wildman–Crippen LogP) is 3.01. The minimum atomic E-state index is -0.0121. The van der Waals surface area contributed by atoms with Gasteiger partial charge in [0.25, 0.3) is 0 Å². The summed E-state index contributed by atoms with van der Waals surface area (Å²) in [5, 5.41) is 7.03. The van der Waals surface area contributed by atoms with Crippen molar-refractivity contribution in [3.8, 4) is 0 Å². The van der Waals surface area contributed by atoms with E-state index in [-0.39, 0.29) is 12.1 Å². The van der Waals surface area contributed by atoms with Gasteiger partial charge >= 0.3 is 0 Å². The Labute approximate surface area is 163 Å². The average molecular weight is 389 g/mol. The van der Waals surface area contributed by atoms with Crippen LogP contribution in [0.15, 0.2) is 24.5 Å². The molecule has 1 atom stereocenters. The van der Waals surface area contributed by atoms with Gasteiger partial charge in [-0.15, -0.1) is 0 Å². The Morgan fingerprint density at radius 1 is 1.19 bits per heavy atom. The number of nitrogen functional groups attached to an aromatic ring is 1. The van der Waals surface area contributed by atoms with Crippen molar-refractivity contribution in [2.45, 2.75) is 39.4 Å². The second-order valence-corrected chi connectivity index (χ2v) is 7.25. The van der Waals surface area contributed by atoms with Crippen molar-refractivity contribution in [3.63, 3.8) is 0 Å². The molecule has 0 amide bonds. The van der Waals surface area contributed by atoms with Gasteiger partial charge in [-0.3, -0.25) is 0 Å². The van der Waals surface area contributed by atoms with Gasteiger partial charge in [0.2, 0.25) is 5.95 Å². The van der Waals surface area contributed by atoms with E-state index in [0.717, 1.165) is 11.2 Å². The Bertz CT molecular complexity index is 935. The Kier molecular flexibility index (Phi) is 5.67. The second kappa shape index (κ2) is 7.98. The van der Waals surface area contributed by atoms with E-state index in [2.05, 4.69) is 39.4 Å². The fourth-order valence-electron chi connectivity index (χ4n) is 2.66. The van der Waals surface area contributed by atoms with Gasteiger partial charge in [-0.25, -0.2) is 4.98 Å². The van der Waals surface area contributed by atoms with Gasteiger partial charge < -0.3 is 26.7 Å². The topological polar surface area (TPSA) is 120 Å². The van der Waals surface area contributed by atoms with Crippen LogP contribution in [0.25, 0.3) is 11.2 Å². The lowest BCUT2D eigenvalue weighted by atomic mass is 10.2. The molecule has 8 nitrogen and oxygen atoms in total. The fraction of sp³-hybridized carbons (Fsp3) is 0.389. The number of anilines is 3. The first-order valence-electron chi connectivity index (χ1n) is 8.87. The number of imidazole rings is 1. The van der Waals surface area contributed by atoms with Crippen LogP contribution in [0.3, 0.4) is 0 Å². The highest BCUT2D eigenvalue weighted by Gasteiger charge is 2.15. The van der Waals surface area contributed by atoms with Crippen LogP contribution < -0.4 is 22.1 Å². The molecule has 0 fully saturated rings. The van der Waals surface area contributed by atoms with Crippen LogP contribution >= 0.6 is 11.6 Å². The summed E-state index contributed by atoms with van der Waals surface area (Å²) in [6, 6.07) is 5.77. The summed E-state index contributed by atoms with van der Waals surface area (Å²) < 4.78 is 2.01. The number of hydrogen-bond acceptors (Lipinski definition) is 7. The summed E-state index contributed by atoms with van der Waals surface area (Å²) in [6.45, 7) is 7.13. The summed E-state index contributed by atoms with van der Waals surface area (Å²) in [6.07, 6.45) is 1.78. The van der Waals surface area contributed by atoms with E-state index in [0.29, 0.717) is 41.1 Å². The van der Waals surface area contributed by atoms with Crippen LogP contribution in [0, 0.1) is 0 Å². The molecule has 144 valence electrons. The SMILES string of the molecule is CC(N)CNc1nc(NCc2cccc(Cl)c2N)c2ncn(C(C)C)c2n1. The highest BCUT2D eigenvalue weighted by atomic mass is 35.5. The Hall–Kier alpha value is -2.58. The van der Waals surface area contributed by atoms with Gasteiger partial charge in [0.1, 0.15) is 0 Å². The minimum absolute atomic E-state index is 0.0121. The number of hydrogen-bond donors (Lipinski definition) is 4. The first-order valence-corrected chi connectivity index (χ1v) is 9.25. The number of nitrogens with one attached hydrogen (secondary N) is 2. The maximum atomic E-state index is 6.11. The van der Waals surface area contributed by atoms with Crippen molar-refractivity contribution in [2.75, 3.05) is 22.9 Å². The van der Waals surface area contributed by atoms with Crippen molar-refractivity contribution >= 4 is 40.2 Å². The van der Waals surface area contributed by atoms with Crippen molar-refractivity contribution < 1.29 is 0 Å². The van der Waals surface area contributed by atoms with E-state index in [9.17, 15) is 0 Å². The van der Waals surface area contributed by atoms with Crippen molar-refractivity contribution in [2.24, 2.45) is 5.73 Å². The molecule has 0 radical (unpaired) electrons. The van der Waals surface area contributed by atoms with Gasteiger partial charge in [-0.1, -0.05) is 23.7 Å². The molecular weight excluding hydrogens is 364 g/mol. The fourth-order valence-corrected chi connectivity index (χ4v) is 2.86. The number of fused-ring (bicyclic) bond motifs is 1. The number of halogens is 1. The number of nitrogens with two attached hydrogens (primary N) is 2. The smallest absolute Gasteiger partial charge is 0.226 e. The molecule has 0 bridgehead atoms. The summed E-state index contributed by atoms with van der Waals surface area (Å²) in [5.41, 5.74) is 14.8. The second-order valence-electron chi connectivity index (χ2n) is 6.84. The van der Waals surface area contributed by atoms with Crippen LogP contribution in [0.4, 0.5) is 17.5 Å². The summed E-state index contributed by atoms with van der Waals surface area (Å²) in [4.78, 5) is 13.7. The molecule has 0 saturated heterocycles. The number of benzene rings is 1. The molecule has 3 aromatic rings. The molecule has 3 rings (SSSR count). The standard InChI is InChI=1S/C18H25ClN8/c1-10(2)27-9-24-15-16(22-8-12-5-4-6-13(19)14(12)21)25-18(26-17(15)27)23-7-11(3)20/h4-6,9-11H,7-8,20-21H2,1-3H3,(H2,22,23,25,26). The molecule has 0 aliphatic carbocycles. The van der Waals surface area contributed by atoms with Crippen LogP contribution in [0.5, 0.6) is 0 Å². The molecule has 9 heteroatoms. The quantitative estimate of drug-likeness (QED) is 0.459. The Morgan fingerprint density at radius 2 is 1.96 bits per heavy atom. The maximum absolute atomic E-state index is 6.11. The minimum Gasteiger partial charge on any atom is -0.397 e. The van der Waals surface area contributed by atoms with Crippen LogP contribution in [0.2, 0.25) is 5.02 Å². The Balaban J connectivity index is 1.95. The van der Waals surface area contributed by atoms with E-state index in [1.807, 2.05) is 23.6 Å². The zero-order valence-electron chi connectivity index (χ0n) is 15.7. The monoisotopic (exact) mass is 388 g/mol. The molecule has 6 N–H and O–H groups in total. The molecule has 2 aromatic heterocycles. The molecule has 0 aliphatic heterocycles.